The van der Waals surface area contributed by atoms with Crippen LogP contribution in [0.1, 0.15) is 22.3 Å². The van der Waals surface area contributed by atoms with Crippen LogP contribution in [0.5, 0.6) is 11.5 Å². The van der Waals surface area contributed by atoms with Crippen molar-refractivity contribution < 1.29 is 9.47 Å². The molecule has 3 nitrogen and oxygen atoms in total. The molecule has 0 saturated carbocycles. The summed E-state index contributed by atoms with van der Waals surface area (Å²) in [5.41, 5.74) is 4.52. The lowest BCUT2D eigenvalue weighted by molar-refractivity contribution is 0.282. The lowest BCUT2D eigenvalue weighted by atomic mass is 10.0. The molecule has 0 bridgehead atoms. The molecule has 146 valence electrons. The molecule has 29 heavy (non-hydrogen) atoms. The third kappa shape index (κ3) is 5.53. The van der Waals surface area contributed by atoms with E-state index in [9.17, 15) is 5.26 Å². The summed E-state index contributed by atoms with van der Waals surface area (Å²) in [6.07, 6.45) is 1.83. The standard InChI is InChI=1S/C24H19ClINO2/c1-16-3-5-17(6-4-16)15-29-24-22(26)12-18(13-23(24)28-2)11-20(14-27)19-7-9-21(25)10-8-19/h3-13H,15H2,1-2H3/b20-11+. The molecule has 0 N–H and O–H groups in total. The summed E-state index contributed by atoms with van der Waals surface area (Å²) in [5.74, 6) is 1.32. The second kappa shape index (κ2) is 9.82. The van der Waals surface area contributed by atoms with Crippen LogP contribution in [0, 0.1) is 21.8 Å². The lowest BCUT2D eigenvalue weighted by Gasteiger charge is -2.14. The third-order valence-corrected chi connectivity index (χ3v) is 5.40. The number of aryl methyl sites for hydroxylation is 1. The Bertz CT molecular complexity index is 1070. The summed E-state index contributed by atoms with van der Waals surface area (Å²) in [7, 11) is 1.61. The van der Waals surface area contributed by atoms with E-state index in [1.165, 1.54) is 5.56 Å². The van der Waals surface area contributed by atoms with Gasteiger partial charge in [0.1, 0.15) is 6.61 Å². The molecule has 0 spiro atoms. The van der Waals surface area contributed by atoms with E-state index in [0.29, 0.717) is 28.7 Å². The molecule has 0 atom stereocenters. The molecule has 0 aliphatic heterocycles. The number of halogens is 2. The van der Waals surface area contributed by atoms with Crippen LogP contribution < -0.4 is 9.47 Å². The van der Waals surface area contributed by atoms with Crippen molar-refractivity contribution in [2.24, 2.45) is 0 Å². The van der Waals surface area contributed by atoms with Crippen molar-refractivity contribution in [2.45, 2.75) is 13.5 Å². The fraction of sp³-hybridized carbons (Fsp3) is 0.125. The molecule has 0 aromatic heterocycles. The minimum atomic E-state index is 0.454. The first-order chi connectivity index (χ1) is 14.0. The third-order valence-electron chi connectivity index (χ3n) is 4.34. The lowest BCUT2D eigenvalue weighted by Crippen LogP contribution is -2.00. The van der Waals surface area contributed by atoms with Crippen molar-refractivity contribution in [3.05, 3.63) is 91.5 Å². The number of ether oxygens (including phenoxy) is 2. The van der Waals surface area contributed by atoms with E-state index >= 15 is 0 Å². The van der Waals surface area contributed by atoms with E-state index in [1.807, 2.05) is 30.3 Å². The van der Waals surface area contributed by atoms with Crippen LogP contribution in [0.25, 0.3) is 11.6 Å². The Morgan fingerprint density at radius 2 is 1.79 bits per heavy atom. The van der Waals surface area contributed by atoms with Gasteiger partial charge < -0.3 is 9.47 Å². The number of benzene rings is 3. The highest BCUT2D eigenvalue weighted by Gasteiger charge is 2.12. The van der Waals surface area contributed by atoms with E-state index in [2.05, 4.69) is 59.8 Å². The van der Waals surface area contributed by atoms with E-state index in [1.54, 1.807) is 19.2 Å². The summed E-state index contributed by atoms with van der Waals surface area (Å²) in [6, 6.07) is 21.5. The van der Waals surface area contributed by atoms with E-state index in [-0.39, 0.29) is 0 Å². The van der Waals surface area contributed by atoms with E-state index in [0.717, 1.165) is 20.3 Å². The van der Waals surface area contributed by atoms with Gasteiger partial charge in [-0.1, -0.05) is 53.6 Å². The number of hydrogen-bond donors (Lipinski definition) is 0. The van der Waals surface area contributed by atoms with Gasteiger partial charge in [-0.2, -0.15) is 5.26 Å². The molecule has 0 saturated heterocycles. The van der Waals surface area contributed by atoms with Gasteiger partial charge in [-0.25, -0.2) is 0 Å². The number of methoxy groups -OCH3 is 1. The fourth-order valence-electron chi connectivity index (χ4n) is 2.78. The van der Waals surface area contributed by atoms with Gasteiger partial charge in [-0.15, -0.1) is 0 Å². The minimum absolute atomic E-state index is 0.454. The first-order valence-electron chi connectivity index (χ1n) is 8.94. The SMILES string of the molecule is COc1cc(/C=C(\C#N)c2ccc(Cl)cc2)cc(I)c1OCc1ccc(C)cc1. The van der Waals surface area contributed by atoms with Crippen molar-refractivity contribution in [3.8, 4) is 17.6 Å². The number of allylic oxidation sites excluding steroid dienone is 1. The van der Waals surface area contributed by atoms with Gasteiger partial charge in [0.2, 0.25) is 0 Å². The zero-order valence-electron chi connectivity index (χ0n) is 16.1. The van der Waals surface area contributed by atoms with Crippen LogP contribution in [0.15, 0.2) is 60.7 Å². The highest BCUT2D eigenvalue weighted by Crippen LogP contribution is 2.35. The second-order valence-corrected chi connectivity index (χ2v) is 8.08. The number of hydrogen-bond acceptors (Lipinski definition) is 3. The normalized spacial score (nSPS) is 11.1. The Balaban J connectivity index is 1.88. The van der Waals surface area contributed by atoms with E-state index in [4.69, 9.17) is 21.1 Å². The maximum atomic E-state index is 9.58. The van der Waals surface area contributed by atoms with Crippen molar-refractivity contribution in [1.82, 2.24) is 0 Å². The molecule has 0 unspecified atom stereocenters. The van der Waals surface area contributed by atoms with Gasteiger partial charge in [0, 0.05) is 5.02 Å². The fourth-order valence-corrected chi connectivity index (χ4v) is 3.69. The Hall–Kier alpha value is -2.49. The summed E-state index contributed by atoms with van der Waals surface area (Å²) in [5, 5.41) is 10.2. The summed E-state index contributed by atoms with van der Waals surface area (Å²) >= 11 is 8.17. The van der Waals surface area contributed by atoms with Crippen LogP contribution in [0.4, 0.5) is 0 Å². The molecular weight excluding hydrogens is 497 g/mol. The quantitative estimate of drug-likeness (QED) is 0.204. The molecule has 0 aliphatic carbocycles. The molecule has 0 radical (unpaired) electrons. The number of nitriles is 1. The zero-order chi connectivity index (χ0) is 20.8. The molecule has 3 rings (SSSR count). The van der Waals surface area contributed by atoms with Crippen molar-refractivity contribution in [2.75, 3.05) is 7.11 Å². The highest BCUT2D eigenvalue weighted by atomic mass is 127. The average molecular weight is 516 g/mol. The number of nitrogens with zero attached hydrogens (tertiary/aromatic N) is 1. The Morgan fingerprint density at radius 1 is 1.10 bits per heavy atom. The van der Waals surface area contributed by atoms with Crippen molar-refractivity contribution in [3.63, 3.8) is 0 Å². The summed E-state index contributed by atoms with van der Waals surface area (Å²) in [6.45, 7) is 2.51. The van der Waals surface area contributed by atoms with Gasteiger partial charge in [0.05, 0.1) is 22.3 Å². The minimum Gasteiger partial charge on any atom is -0.493 e. The summed E-state index contributed by atoms with van der Waals surface area (Å²) < 4.78 is 12.5. The first-order valence-corrected chi connectivity index (χ1v) is 10.4. The van der Waals surface area contributed by atoms with Crippen LogP contribution >= 0.6 is 34.2 Å². The molecule has 5 heteroatoms. The monoisotopic (exact) mass is 515 g/mol. The highest BCUT2D eigenvalue weighted by molar-refractivity contribution is 14.1. The van der Waals surface area contributed by atoms with Gasteiger partial charge in [0.15, 0.2) is 11.5 Å². The Labute approximate surface area is 189 Å². The maximum absolute atomic E-state index is 9.58. The Kier molecular flexibility index (Phi) is 7.18. The molecular formula is C24H19ClINO2. The Morgan fingerprint density at radius 3 is 2.41 bits per heavy atom. The van der Waals surface area contributed by atoms with Crippen LogP contribution in [0.3, 0.4) is 0 Å². The number of rotatable bonds is 6. The van der Waals surface area contributed by atoms with Gasteiger partial charge in [-0.05, 0) is 76.5 Å². The molecule has 3 aromatic rings. The molecule has 0 heterocycles. The topological polar surface area (TPSA) is 42.2 Å². The van der Waals surface area contributed by atoms with Gasteiger partial charge in [0.25, 0.3) is 0 Å². The van der Waals surface area contributed by atoms with E-state index < -0.39 is 0 Å². The van der Waals surface area contributed by atoms with Crippen molar-refractivity contribution >= 4 is 45.8 Å². The van der Waals surface area contributed by atoms with Crippen LogP contribution in [-0.4, -0.2) is 7.11 Å². The largest absolute Gasteiger partial charge is 0.493 e. The molecule has 0 amide bonds. The van der Waals surface area contributed by atoms with Crippen LogP contribution in [-0.2, 0) is 6.61 Å². The molecule has 0 aliphatic rings. The summed E-state index contributed by atoms with van der Waals surface area (Å²) in [4.78, 5) is 0. The van der Waals surface area contributed by atoms with Gasteiger partial charge in [-0.3, -0.25) is 0 Å². The molecule has 0 fully saturated rings. The first kappa shape index (κ1) is 21.2. The second-order valence-electron chi connectivity index (χ2n) is 6.49. The zero-order valence-corrected chi connectivity index (χ0v) is 19.0. The maximum Gasteiger partial charge on any atom is 0.174 e. The van der Waals surface area contributed by atoms with Crippen molar-refractivity contribution in [1.29, 1.82) is 5.26 Å². The predicted molar refractivity (Wildman–Crippen MR) is 126 cm³/mol. The molecule has 3 aromatic carbocycles. The average Bonchev–Trinajstić information content (AvgIpc) is 2.72. The predicted octanol–water partition coefficient (Wildman–Crippen LogP) is 6.90. The van der Waals surface area contributed by atoms with Gasteiger partial charge >= 0.3 is 0 Å². The smallest absolute Gasteiger partial charge is 0.174 e. The van der Waals surface area contributed by atoms with Crippen LogP contribution in [0.2, 0.25) is 5.02 Å².